The van der Waals surface area contributed by atoms with Crippen LogP contribution in [-0.4, -0.2) is 47.0 Å². The van der Waals surface area contributed by atoms with E-state index in [4.69, 9.17) is 5.73 Å². The van der Waals surface area contributed by atoms with Gasteiger partial charge in [-0.3, -0.25) is 0 Å². The largest absolute Gasteiger partial charge is 0.324 e. The van der Waals surface area contributed by atoms with Crippen molar-refractivity contribution in [2.45, 2.75) is 45.7 Å². The fourth-order valence-electron chi connectivity index (χ4n) is 1.87. The fraction of sp³-hybridized carbons (Fsp3) is 0.909. The van der Waals surface area contributed by atoms with E-state index in [1.165, 1.54) is 0 Å². The molecule has 1 aliphatic rings. The minimum Gasteiger partial charge on any atom is -0.324 e. The lowest BCUT2D eigenvalue weighted by Gasteiger charge is -2.28. The van der Waals surface area contributed by atoms with Gasteiger partial charge in [0.25, 0.3) is 0 Å². The second-order valence-electron chi connectivity index (χ2n) is 5.14. The maximum atomic E-state index is 12.0. The fourth-order valence-corrected chi connectivity index (χ4v) is 1.87. The molecule has 0 radical (unpaired) electrons. The highest BCUT2D eigenvalue weighted by atomic mass is 16.2. The molecule has 2 amide bonds. The standard InChI is InChI=1S/C11H23N3O/c1-5-9(2)14-7-6-13(10(14)15)8-11(3,4)12/h9H,5-8,12H2,1-4H3. The first-order valence-corrected chi connectivity index (χ1v) is 5.69. The summed E-state index contributed by atoms with van der Waals surface area (Å²) in [5.74, 6) is 0. The second-order valence-corrected chi connectivity index (χ2v) is 5.14. The lowest BCUT2D eigenvalue weighted by molar-refractivity contribution is 0.173. The van der Waals surface area contributed by atoms with E-state index in [1.807, 2.05) is 23.6 Å². The first kappa shape index (κ1) is 12.3. The Morgan fingerprint density at radius 2 is 2.07 bits per heavy atom. The van der Waals surface area contributed by atoms with E-state index in [-0.39, 0.29) is 11.6 Å². The second kappa shape index (κ2) is 4.39. The van der Waals surface area contributed by atoms with Gasteiger partial charge < -0.3 is 15.5 Å². The van der Waals surface area contributed by atoms with Gasteiger partial charge in [-0.2, -0.15) is 0 Å². The highest BCUT2D eigenvalue weighted by Crippen LogP contribution is 2.16. The molecule has 0 spiro atoms. The number of urea groups is 1. The molecule has 4 heteroatoms. The Labute approximate surface area is 92.4 Å². The van der Waals surface area contributed by atoms with Gasteiger partial charge in [0.1, 0.15) is 0 Å². The van der Waals surface area contributed by atoms with Crippen LogP contribution >= 0.6 is 0 Å². The first-order chi connectivity index (χ1) is 6.85. The zero-order valence-electron chi connectivity index (χ0n) is 10.3. The van der Waals surface area contributed by atoms with Crippen LogP contribution in [0.3, 0.4) is 0 Å². The van der Waals surface area contributed by atoms with Gasteiger partial charge in [-0.15, -0.1) is 0 Å². The summed E-state index contributed by atoms with van der Waals surface area (Å²) in [6, 6.07) is 0.478. The highest BCUT2D eigenvalue weighted by Gasteiger charge is 2.33. The van der Waals surface area contributed by atoms with E-state index < -0.39 is 0 Å². The van der Waals surface area contributed by atoms with Crippen molar-refractivity contribution in [1.82, 2.24) is 9.80 Å². The van der Waals surface area contributed by atoms with E-state index in [1.54, 1.807) is 0 Å². The van der Waals surface area contributed by atoms with Gasteiger partial charge >= 0.3 is 6.03 Å². The molecule has 1 fully saturated rings. The van der Waals surface area contributed by atoms with Crippen molar-refractivity contribution in [3.8, 4) is 0 Å². The molecule has 0 aromatic carbocycles. The molecule has 1 heterocycles. The van der Waals surface area contributed by atoms with Crippen molar-refractivity contribution in [2.24, 2.45) is 5.73 Å². The van der Waals surface area contributed by atoms with Crippen LogP contribution in [0.2, 0.25) is 0 Å². The van der Waals surface area contributed by atoms with Crippen molar-refractivity contribution in [1.29, 1.82) is 0 Å². The van der Waals surface area contributed by atoms with Crippen molar-refractivity contribution in [3.63, 3.8) is 0 Å². The van der Waals surface area contributed by atoms with Crippen LogP contribution in [0.1, 0.15) is 34.1 Å². The quantitative estimate of drug-likeness (QED) is 0.764. The van der Waals surface area contributed by atoms with Gasteiger partial charge in [0, 0.05) is 31.2 Å². The number of hydrogen-bond acceptors (Lipinski definition) is 2. The molecule has 0 aliphatic carbocycles. The number of carbonyl (C=O) groups excluding carboxylic acids is 1. The lowest BCUT2D eigenvalue weighted by Crippen LogP contribution is -2.47. The third kappa shape index (κ3) is 3.09. The summed E-state index contributed by atoms with van der Waals surface area (Å²) in [4.78, 5) is 15.8. The Kier molecular flexibility index (Phi) is 3.60. The predicted octanol–water partition coefficient (Wildman–Crippen LogP) is 1.26. The van der Waals surface area contributed by atoms with Crippen LogP contribution in [0, 0.1) is 0 Å². The molecular weight excluding hydrogens is 190 g/mol. The molecule has 0 aromatic rings. The van der Waals surface area contributed by atoms with Crippen molar-refractivity contribution < 1.29 is 4.79 Å². The van der Waals surface area contributed by atoms with Crippen LogP contribution in [0.5, 0.6) is 0 Å². The number of nitrogens with two attached hydrogens (primary N) is 1. The molecule has 1 rings (SSSR count). The summed E-state index contributed by atoms with van der Waals surface area (Å²) in [6.45, 7) is 10.4. The Morgan fingerprint density at radius 3 is 2.53 bits per heavy atom. The predicted molar refractivity (Wildman–Crippen MR) is 61.7 cm³/mol. The third-order valence-electron chi connectivity index (χ3n) is 2.85. The Balaban J connectivity index is 2.57. The molecule has 1 unspecified atom stereocenters. The molecule has 4 nitrogen and oxygen atoms in total. The SMILES string of the molecule is CCC(C)N1CCN(CC(C)(C)N)C1=O. The minimum absolute atomic E-state index is 0.142. The van der Waals surface area contributed by atoms with Crippen molar-refractivity contribution in [2.75, 3.05) is 19.6 Å². The summed E-state index contributed by atoms with van der Waals surface area (Å²) in [6.07, 6.45) is 1.01. The molecule has 2 N–H and O–H groups in total. The molecule has 88 valence electrons. The van der Waals surface area contributed by atoms with Gasteiger partial charge in [0.05, 0.1) is 0 Å². The van der Waals surface area contributed by atoms with Gasteiger partial charge in [-0.25, -0.2) is 4.79 Å². The number of carbonyl (C=O) groups is 1. The molecule has 1 aliphatic heterocycles. The first-order valence-electron chi connectivity index (χ1n) is 5.69. The number of rotatable bonds is 4. The Hall–Kier alpha value is -0.770. The lowest BCUT2D eigenvalue weighted by atomic mass is 10.1. The molecule has 0 aromatic heterocycles. The van der Waals surface area contributed by atoms with Gasteiger partial charge in [-0.05, 0) is 27.2 Å². The van der Waals surface area contributed by atoms with E-state index in [9.17, 15) is 4.79 Å². The topological polar surface area (TPSA) is 49.6 Å². The minimum atomic E-state index is -0.304. The number of amides is 2. The molecule has 0 saturated carbocycles. The van der Waals surface area contributed by atoms with Crippen LogP contribution in [0.4, 0.5) is 4.79 Å². The zero-order valence-corrected chi connectivity index (χ0v) is 10.3. The van der Waals surface area contributed by atoms with Crippen LogP contribution in [0.25, 0.3) is 0 Å². The average molecular weight is 213 g/mol. The maximum absolute atomic E-state index is 12.0. The third-order valence-corrected chi connectivity index (χ3v) is 2.85. The summed E-state index contributed by atoms with van der Waals surface area (Å²) < 4.78 is 0. The van der Waals surface area contributed by atoms with E-state index in [0.29, 0.717) is 12.6 Å². The van der Waals surface area contributed by atoms with Gasteiger partial charge in [-0.1, -0.05) is 6.92 Å². The average Bonchev–Trinajstić information content (AvgIpc) is 2.45. The van der Waals surface area contributed by atoms with Crippen molar-refractivity contribution >= 4 is 6.03 Å². The van der Waals surface area contributed by atoms with Crippen molar-refractivity contribution in [3.05, 3.63) is 0 Å². The van der Waals surface area contributed by atoms with E-state index in [0.717, 1.165) is 19.5 Å². The number of hydrogen-bond donors (Lipinski definition) is 1. The highest BCUT2D eigenvalue weighted by molar-refractivity contribution is 5.77. The van der Waals surface area contributed by atoms with Crippen LogP contribution in [0.15, 0.2) is 0 Å². The normalized spacial score (nSPS) is 19.9. The summed E-state index contributed by atoms with van der Waals surface area (Å²) in [5, 5.41) is 0. The summed E-state index contributed by atoms with van der Waals surface area (Å²) in [5.41, 5.74) is 5.61. The summed E-state index contributed by atoms with van der Waals surface area (Å²) in [7, 11) is 0. The van der Waals surface area contributed by atoms with Crippen LogP contribution in [-0.2, 0) is 0 Å². The zero-order chi connectivity index (χ0) is 11.6. The molecule has 0 bridgehead atoms. The Morgan fingerprint density at radius 1 is 1.47 bits per heavy atom. The van der Waals surface area contributed by atoms with E-state index >= 15 is 0 Å². The maximum Gasteiger partial charge on any atom is 0.320 e. The smallest absolute Gasteiger partial charge is 0.320 e. The van der Waals surface area contributed by atoms with Crippen LogP contribution < -0.4 is 5.73 Å². The van der Waals surface area contributed by atoms with Gasteiger partial charge in [0.2, 0.25) is 0 Å². The molecule has 1 atom stereocenters. The monoisotopic (exact) mass is 213 g/mol. The molecule has 15 heavy (non-hydrogen) atoms. The molecule has 1 saturated heterocycles. The Bertz CT molecular complexity index is 234. The number of nitrogens with zero attached hydrogens (tertiary/aromatic N) is 2. The van der Waals surface area contributed by atoms with Gasteiger partial charge in [0.15, 0.2) is 0 Å². The summed E-state index contributed by atoms with van der Waals surface area (Å²) >= 11 is 0. The molecular formula is C11H23N3O. The van der Waals surface area contributed by atoms with E-state index in [2.05, 4.69) is 13.8 Å².